The maximum Gasteiger partial charge on any atom is 0.274 e. The van der Waals surface area contributed by atoms with E-state index in [1.165, 1.54) is 17.4 Å². The second kappa shape index (κ2) is 7.23. The summed E-state index contributed by atoms with van der Waals surface area (Å²) in [4.78, 5) is 28.3. The van der Waals surface area contributed by atoms with E-state index in [-0.39, 0.29) is 11.4 Å². The molecule has 4 aromatic rings. The first kappa shape index (κ1) is 19.8. The van der Waals surface area contributed by atoms with Crippen LogP contribution in [0, 0.1) is 18.6 Å². The van der Waals surface area contributed by atoms with Crippen LogP contribution in [0.3, 0.4) is 0 Å². The number of hydrogen-bond acceptors (Lipinski definition) is 4. The number of H-pyrrole nitrogens is 1. The zero-order valence-electron chi connectivity index (χ0n) is 17.1. The van der Waals surface area contributed by atoms with E-state index in [0.29, 0.717) is 30.0 Å². The first-order valence-electron chi connectivity index (χ1n) is 10.1. The summed E-state index contributed by atoms with van der Waals surface area (Å²) in [6, 6.07) is 12.3. The van der Waals surface area contributed by atoms with Gasteiger partial charge in [0.25, 0.3) is 5.91 Å². The molecule has 0 aliphatic carbocycles. The molecule has 1 amide bonds. The average molecular weight is 439 g/mol. The van der Waals surface area contributed by atoms with Gasteiger partial charge in [0.15, 0.2) is 11.6 Å². The summed E-state index contributed by atoms with van der Waals surface area (Å²) in [5, 5.41) is 0.810. The number of likely N-dealkylation sites (tertiary alicyclic amines) is 1. The molecule has 158 valence electrons. The maximum absolute atomic E-state index is 14.2. The van der Waals surface area contributed by atoms with Gasteiger partial charge in [0.2, 0.25) is 0 Å². The average Bonchev–Trinajstić information content (AvgIpc) is 3.48. The molecular formula is C23H20F2N4OS. The number of halogens is 2. The third-order valence-electron chi connectivity index (χ3n) is 5.91. The Kier molecular flexibility index (Phi) is 4.62. The third-order valence-corrected chi connectivity index (χ3v) is 6.93. The standard InChI is InChI=1S/C23H20F2N4OS/c1-13-26-19(20(31-13)14-7-4-3-5-8-14)21(30)29-12-6-11-23(29,2)22-27-16-10-9-15(24)17(25)18(16)28-22/h3-5,7-10H,6,11-12H2,1-2H3,(H,27,28). The van der Waals surface area contributed by atoms with Gasteiger partial charge >= 0.3 is 0 Å². The maximum atomic E-state index is 14.2. The highest BCUT2D eigenvalue weighted by molar-refractivity contribution is 7.15. The zero-order chi connectivity index (χ0) is 21.8. The molecule has 0 saturated carbocycles. The van der Waals surface area contributed by atoms with E-state index < -0.39 is 17.2 Å². The molecule has 8 heteroatoms. The van der Waals surface area contributed by atoms with Gasteiger partial charge in [0, 0.05) is 6.54 Å². The first-order chi connectivity index (χ1) is 14.9. The SMILES string of the molecule is Cc1nc(C(=O)N2CCCC2(C)c2nc3c(F)c(F)ccc3[nH]2)c(-c2ccccc2)s1. The van der Waals surface area contributed by atoms with Crippen molar-refractivity contribution in [2.75, 3.05) is 6.54 Å². The molecular weight excluding hydrogens is 418 g/mol. The van der Waals surface area contributed by atoms with Crippen LogP contribution in [-0.4, -0.2) is 32.3 Å². The molecule has 5 nitrogen and oxygen atoms in total. The molecule has 1 saturated heterocycles. The van der Waals surface area contributed by atoms with Gasteiger partial charge in [-0.05, 0) is 44.4 Å². The quantitative estimate of drug-likeness (QED) is 0.464. The fraction of sp³-hybridized carbons (Fsp3) is 0.261. The topological polar surface area (TPSA) is 61.9 Å². The molecule has 1 aliphatic rings. The van der Waals surface area contributed by atoms with Crippen molar-refractivity contribution in [2.45, 2.75) is 32.2 Å². The molecule has 1 aliphatic heterocycles. The van der Waals surface area contributed by atoms with Gasteiger partial charge in [-0.25, -0.2) is 18.7 Å². The van der Waals surface area contributed by atoms with Crippen LogP contribution in [0.4, 0.5) is 8.78 Å². The van der Waals surface area contributed by atoms with E-state index in [9.17, 15) is 13.6 Å². The van der Waals surface area contributed by atoms with Crippen LogP contribution in [0.15, 0.2) is 42.5 Å². The van der Waals surface area contributed by atoms with Crippen LogP contribution in [0.25, 0.3) is 21.5 Å². The molecule has 3 heterocycles. The second-order valence-corrected chi connectivity index (χ2v) is 9.16. The number of amides is 1. The number of aromatic amines is 1. The minimum atomic E-state index is -0.985. The van der Waals surface area contributed by atoms with E-state index in [1.54, 1.807) is 4.90 Å². The highest BCUT2D eigenvalue weighted by atomic mass is 32.1. The van der Waals surface area contributed by atoms with Gasteiger partial charge in [-0.3, -0.25) is 4.79 Å². The van der Waals surface area contributed by atoms with E-state index >= 15 is 0 Å². The van der Waals surface area contributed by atoms with Crippen molar-refractivity contribution in [3.63, 3.8) is 0 Å². The summed E-state index contributed by atoms with van der Waals surface area (Å²) in [7, 11) is 0. The van der Waals surface area contributed by atoms with Gasteiger partial charge < -0.3 is 9.88 Å². The fourth-order valence-electron chi connectivity index (χ4n) is 4.29. The van der Waals surface area contributed by atoms with Crippen LogP contribution in [0.1, 0.15) is 41.1 Å². The molecule has 1 fully saturated rings. The van der Waals surface area contributed by atoms with E-state index in [2.05, 4.69) is 15.0 Å². The highest BCUT2D eigenvalue weighted by Gasteiger charge is 2.45. The summed E-state index contributed by atoms with van der Waals surface area (Å²) in [5.74, 6) is -1.66. The Morgan fingerprint density at radius 1 is 1.16 bits per heavy atom. The van der Waals surface area contributed by atoms with Crippen LogP contribution in [-0.2, 0) is 5.54 Å². The van der Waals surface area contributed by atoms with Crippen LogP contribution >= 0.6 is 11.3 Å². The Morgan fingerprint density at radius 2 is 1.94 bits per heavy atom. The smallest absolute Gasteiger partial charge is 0.274 e. The number of carbonyl (C=O) groups is 1. The van der Waals surface area contributed by atoms with Crippen molar-refractivity contribution in [2.24, 2.45) is 0 Å². The molecule has 0 bridgehead atoms. The van der Waals surface area contributed by atoms with E-state index in [4.69, 9.17) is 0 Å². The van der Waals surface area contributed by atoms with E-state index in [0.717, 1.165) is 27.9 Å². The zero-order valence-corrected chi connectivity index (χ0v) is 17.9. The minimum absolute atomic E-state index is 0.0509. The molecule has 2 aromatic heterocycles. The number of aromatic nitrogens is 3. The second-order valence-electron chi connectivity index (χ2n) is 7.95. The molecule has 2 aromatic carbocycles. The Balaban J connectivity index is 1.57. The third kappa shape index (κ3) is 3.13. The van der Waals surface area contributed by atoms with Crippen molar-refractivity contribution < 1.29 is 13.6 Å². The highest BCUT2D eigenvalue weighted by Crippen LogP contribution is 2.41. The molecule has 1 atom stereocenters. The normalized spacial score (nSPS) is 18.8. The molecule has 1 N–H and O–H groups in total. The Bertz CT molecular complexity index is 1300. The molecule has 1 unspecified atom stereocenters. The number of thiazole rings is 1. The summed E-state index contributed by atoms with van der Waals surface area (Å²) in [5.41, 5.74) is 0.938. The van der Waals surface area contributed by atoms with Crippen LogP contribution in [0.2, 0.25) is 0 Å². The van der Waals surface area contributed by atoms with Crippen molar-refractivity contribution in [3.8, 4) is 10.4 Å². The molecule has 5 rings (SSSR count). The van der Waals surface area contributed by atoms with Gasteiger partial charge in [0.1, 0.15) is 17.0 Å². The lowest BCUT2D eigenvalue weighted by Crippen LogP contribution is -2.44. The predicted molar refractivity (Wildman–Crippen MR) is 116 cm³/mol. The van der Waals surface area contributed by atoms with Gasteiger partial charge in [-0.2, -0.15) is 0 Å². The number of imidazole rings is 1. The number of rotatable bonds is 3. The minimum Gasteiger partial charge on any atom is -0.340 e. The van der Waals surface area contributed by atoms with Crippen LogP contribution in [0.5, 0.6) is 0 Å². The summed E-state index contributed by atoms with van der Waals surface area (Å²) in [6.45, 7) is 4.33. The molecule has 0 radical (unpaired) electrons. The fourth-order valence-corrected chi connectivity index (χ4v) is 5.21. The number of hydrogen-bond donors (Lipinski definition) is 1. The Morgan fingerprint density at radius 3 is 2.71 bits per heavy atom. The monoisotopic (exact) mass is 438 g/mol. The summed E-state index contributed by atoms with van der Waals surface area (Å²) in [6.07, 6.45) is 1.44. The number of benzene rings is 2. The van der Waals surface area contributed by atoms with Gasteiger partial charge in [-0.1, -0.05) is 30.3 Å². The van der Waals surface area contributed by atoms with Crippen molar-refractivity contribution >= 4 is 28.3 Å². The number of aryl methyl sites for hydroxylation is 1. The van der Waals surface area contributed by atoms with Crippen molar-refractivity contribution in [1.29, 1.82) is 0 Å². The predicted octanol–water partition coefficient (Wildman–Crippen LogP) is 5.42. The lowest BCUT2D eigenvalue weighted by Gasteiger charge is -2.33. The summed E-state index contributed by atoms with van der Waals surface area (Å²) >= 11 is 1.48. The number of carbonyl (C=O) groups excluding carboxylic acids is 1. The molecule has 0 spiro atoms. The summed E-state index contributed by atoms with van der Waals surface area (Å²) < 4.78 is 27.9. The lowest BCUT2D eigenvalue weighted by atomic mass is 9.97. The van der Waals surface area contributed by atoms with Crippen molar-refractivity contribution in [3.05, 3.63) is 70.6 Å². The number of nitrogens with one attached hydrogen (secondary N) is 1. The van der Waals surface area contributed by atoms with E-state index in [1.807, 2.05) is 44.2 Å². The lowest BCUT2D eigenvalue weighted by molar-refractivity contribution is 0.0601. The van der Waals surface area contributed by atoms with Crippen molar-refractivity contribution in [1.82, 2.24) is 19.9 Å². The first-order valence-corrected chi connectivity index (χ1v) is 10.9. The Hall–Kier alpha value is -3.13. The molecule has 31 heavy (non-hydrogen) atoms. The van der Waals surface area contributed by atoms with Gasteiger partial charge in [-0.15, -0.1) is 11.3 Å². The van der Waals surface area contributed by atoms with Gasteiger partial charge in [0.05, 0.1) is 20.9 Å². The Labute approximate surface area is 181 Å². The number of nitrogens with zero attached hydrogens (tertiary/aromatic N) is 3. The van der Waals surface area contributed by atoms with Crippen LogP contribution < -0.4 is 0 Å². The largest absolute Gasteiger partial charge is 0.340 e. The number of fused-ring (bicyclic) bond motifs is 1.